The summed E-state index contributed by atoms with van der Waals surface area (Å²) in [5.41, 5.74) is 0.467. The van der Waals surface area contributed by atoms with Gasteiger partial charge < -0.3 is 29.4 Å². The number of carbonyl (C=O) groups excluding carboxylic acids is 1. The van der Waals surface area contributed by atoms with Crippen LogP contribution in [-0.2, 0) is 16.0 Å². The molecule has 7 nitrogen and oxygen atoms in total. The Labute approximate surface area is 205 Å². The summed E-state index contributed by atoms with van der Waals surface area (Å²) >= 11 is 0. The molecular formula is C28H31NO6. The van der Waals surface area contributed by atoms with E-state index in [1.54, 1.807) is 34.4 Å². The fourth-order valence-electron chi connectivity index (χ4n) is 5.43. The Balaban J connectivity index is 0.000000672. The van der Waals surface area contributed by atoms with Crippen LogP contribution in [0.25, 0.3) is 0 Å². The largest absolute Gasteiger partial charge is 0.497 e. The first-order chi connectivity index (χ1) is 17.0. The summed E-state index contributed by atoms with van der Waals surface area (Å²) in [5.74, 6) is 2.50. The van der Waals surface area contributed by atoms with E-state index in [4.69, 9.17) is 23.7 Å². The number of methoxy groups -OCH3 is 3. The van der Waals surface area contributed by atoms with Crippen LogP contribution in [0.3, 0.4) is 0 Å². The van der Waals surface area contributed by atoms with Crippen molar-refractivity contribution >= 4 is 6.41 Å². The highest BCUT2D eigenvalue weighted by molar-refractivity contribution is 5.61. The molecular weight excluding hydrogens is 446 g/mol. The lowest BCUT2D eigenvalue weighted by Crippen LogP contribution is -2.48. The molecule has 184 valence electrons. The molecule has 1 aliphatic heterocycles. The number of aliphatic hydroxyl groups is 1. The molecule has 1 amide bonds. The molecule has 2 N–H and O–H groups in total. The Kier molecular flexibility index (Phi) is 6.89. The van der Waals surface area contributed by atoms with Crippen LogP contribution in [0.4, 0.5) is 0 Å². The summed E-state index contributed by atoms with van der Waals surface area (Å²) < 4.78 is 23.3. The minimum atomic E-state index is -1.25. The topological polar surface area (TPSA) is 86.3 Å². The van der Waals surface area contributed by atoms with Crippen molar-refractivity contribution in [3.05, 3.63) is 83.4 Å². The van der Waals surface area contributed by atoms with Crippen LogP contribution < -0.4 is 24.3 Å². The molecule has 1 heterocycles. The van der Waals surface area contributed by atoms with E-state index in [0.29, 0.717) is 35.6 Å². The number of fused-ring (bicyclic) bond motifs is 3. The predicted octanol–water partition coefficient (Wildman–Crippen LogP) is 4.13. The lowest BCUT2D eigenvalue weighted by Gasteiger charge is -2.40. The molecule has 2 aliphatic rings. The van der Waals surface area contributed by atoms with Gasteiger partial charge in [-0.15, -0.1) is 0 Å². The van der Waals surface area contributed by atoms with Crippen LogP contribution in [0.1, 0.15) is 35.4 Å². The van der Waals surface area contributed by atoms with Gasteiger partial charge in [-0.3, -0.25) is 4.79 Å². The Morgan fingerprint density at radius 1 is 0.971 bits per heavy atom. The zero-order valence-electron chi connectivity index (χ0n) is 20.4. The van der Waals surface area contributed by atoms with Crippen LogP contribution in [-0.4, -0.2) is 39.9 Å². The second-order valence-electron chi connectivity index (χ2n) is 8.54. The van der Waals surface area contributed by atoms with E-state index < -0.39 is 11.2 Å². The maximum atomic E-state index is 12.3. The average Bonchev–Trinajstić information content (AvgIpc) is 3.35. The maximum Gasteiger partial charge on any atom is 0.206 e. The monoisotopic (exact) mass is 477 g/mol. The predicted molar refractivity (Wildman–Crippen MR) is 132 cm³/mol. The molecule has 1 fully saturated rings. The number of carbonyl (C=O) groups is 1. The second-order valence-corrected chi connectivity index (χ2v) is 8.54. The number of hydrogen-bond donors (Lipinski definition) is 2. The normalized spacial score (nSPS) is 23.6. The fourth-order valence-corrected chi connectivity index (χ4v) is 5.43. The van der Waals surface area contributed by atoms with Crippen LogP contribution in [0, 0.1) is 0 Å². The van der Waals surface area contributed by atoms with Crippen LogP contribution in [0.5, 0.6) is 23.0 Å². The Morgan fingerprint density at radius 3 is 2.20 bits per heavy atom. The third-order valence-electron chi connectivity index (χ3n) is 6.92. The van der Waals surface area contributed by atoms with Crippen molar-refractivity contribution in [3.8, 4) is 23.0 Å². The van der Waals surface area contributed by atoms with Crippen LogP contribution in [0.15, 0.2) is 66.7 Å². The van der Waals surface area contributed by atoms with E-state index in [2.05, 4.69) is 17.4 Å². The molecule has 3 unspecified atom stereocenters. The number of nitrogens with one attached hydrogen (secondary N) is 1. The summed E-state index contributed by atoms with van der Waals surface area (Å²) in [4.78, 5) is 9.06. The third kappa shape index (κ3) is 3.86. The van der Waals surface area contributed by atoms with Gasteiger partial charge in [0.1, 0.15) is 28.6 Å². The molecule has 0 spiro atoms. The van der Waals surface area contributed by atoms with E-state index in [0.717, 1.165) is 23.3 Å². The van der Waals surface area contributed by atoms with Gasteiger partial charge in [0.15, 0.2) is 5.60 Å². The fraction of sp³-hybridized carbons (Fsp3) is 0.321. The van der Waals surface area contributed by atoms with Gasteiger partial charge in [0.05, 0.1) is 26.9 Å². The second kappa shape index (κ2) is 9.88. The van der Waals surface area contributed by atoms with E-state index in [1.807, 2.05) is 48.5 Å². The molecule has 3 atom stereocenters. The van der Waals surface area contributed by atoms with Crippen molar-refractivity contribution in [2.24, 2.45) is 0 Å². The van der Waals surface area contributed by atoms with E-state index in [1.165, 1.54) is 0 Å². The quantitative estimate of drug-likeness (QED) is 0.520. The first-order valence-corrected chi connectivity index (χ1v) is 11.5. The summed E-state index contributed by atoms with van der Waals surface area (Å²) in [6, 6.07) is 21.7. The van der Waals surface area contributed by atoms with E-state index >= 15 is 0 Å². The highest BCUT2D eigenvalue weighted by Gasteiger charge is 2.69. The van der Waals surface area contributed by atoms with Crippen molar-refractivity contribution < 1.29 is 28.8 Å². The van der Waals surface area contributed by atoms with Gasteiger partial charge in [-0.2, -0.15) is 0 Å². The third-order valence-corrected chi connectivity index (χ3v) is 6.92. The van der Waals surface area contributed by atoms with E-state index in [-0.39, 0.29) is 5.92 Å². The van der Waals surface area contributed by atoms with E-state index in [9.17, 15) is 5.11 Å². The number of rotatable bonds is 6. The standard InChI is InChI=1S/C26H26O5.C2H5NO/c1-28-19-11-9-18(10-12-19)26-21(17-7-5-4-6-8-17)13-14-25(26,27)24-22(30-3)15-20(29-2)16-23(24)31-26;1-3-2-4/h4-12,15-16,21,27H,13-14H2,1-3H3;2H,1H3,(H,3,4). The molecule has 0 saturated heterocycles. The lowest BCUT2D eigenvalue weighted by molar-refractivity contribution is -0.109. The minimum absolute atomic E-state index is 0.0461. The molecule has 3 aromatic rings. The van der Waals surface area contributed by atoms with Gasteiger partial charge in [0.25, 0.3) is 0 Å². The number of benzene rings is 3. The van der Waals surface area contributed by atoms with Gasteiger partial charge in [-0.05, 0) is 36.1 Å². The highest BCUT2D eigenvalue weighted by Crippen LogP contribution is 2.68. The van der Waals surface area contributed by atoms with Gasteiger partial charge in [-0.1, -0.05) is 42.5 Å². The Bertz CT molecular complexity index is 1170. The molecule has 1 aliphatic carbocycles. The van der Waals surface area contributed by atoms with Gasteiger partial charge in [-0.25, -0.2) is 0 Å². The Morgan fingerprint density at radius 2 is 1.63 bits per heavy atom. The van der Waals surface area contributed by atoms with Gasteiger partial charge in [0.2, 0.25) is 6.41 Å². The van der Waals surface area contributed by atoms with Crippen molar-refractivity contribution in [1.29, 1.82) is 0 Å². The molecule has 5 rings (SSSR count). The SMILES string of the molecule is CNC=O.COc1ccc(C23Oc4cc(OC)cc(OC)c4C2(O)CCC3c2ccccc2)cc1. The Hall–Kier alpha value is -3.71. The van der Waals surface area contributed by atoms with Crippen LogP contribution in [0.2, 0.25) is 0 Å². The molecule has 1 saturated carbocycles. The molecule has 0 bridgehead atoms. The molecule has 0 radical (unpaired) electrons. The average molecular weight is 478 g/mol. The van der Waals surface area contributed by atoms with Gasteiger partial charge >= 0.3 is 0 Å². The van der Waals surface area contributed by atoms with Crippen molar-refractivity contribution in [2.75, 3.05) is 28.4 Å². The minimum Gasteiger partial charge on any atom is -0.497 e. The summed E-state index contributed by atoms with van der Waals surface area (Å²) in [6.45, 7) is 0. The summed E-state index contributed by atoms with van der Waals surface area (Å²) in [5, 5.41) is 14.6. The molecule has 7 heteroatoms. The van der Waals surface area contributed by atoms with Crippen molar-refractivity contribution in [3.63, 3.8) is 0 Å². The maximum absolute atomic E-state index is 12.3. The summed E-state index contributed by atoms with van der Waals surface area (Å²) in [6.07, 6.45) is 1.95. The lowest BCUT2D eigenvalue weighted by atomic mass is 9.71. The van der Waals surface area contributed by atoms with Crippen LogP contribution >= 0.6 is 0 Å². The number of ether oxygens (including phenoxy) is 4. The number of hydrogen-bond acceptors (Lipinski definition) is 6. The highest BCUT2D eigenvalue weighted by atomic mass is 16.5. The molecule has 35 heavy (non-hydrogen) atoms. The zero-order valence-corrected chi connectivity index (χ0v) is 20.4. The summed E-state index contributed by atoms with van der Waals surface area (Å²) in [7, 11) is 6.42. The van der Waals surface area contributed by atoms with Gasteiger partial charge in [0, 0.05) is 25.1 Å². The van der Waals surface area contributed by atoms with Crippen molar-refractivity contribution in [1.82, 2.24) is 5.32 Å². The zero-order chi connectivity index (χ0) is 25.1. The molecule has 0 aromatic heterocycles. The first kappa shape index (κ1) is 24.4. The smallest absolute Gasteiger partial charge is 0.206 e. The first-order valence-electron chi connectivity index (χ1n) is 11.5. The number of amides is 1. The molecule has 3 aromatic carbocycles. The van der Waals surface area contributed by atoms with Crippen molar-refractivity contribution in [2.45, 2.75) is 30.0 Å².